The number of aryl methyl sites for hydroxylation is 1. The van der Waals surface area contributed by atoms with Gasteiger partial charge < -0.3 is 14.6 Å². The molecule has 1 unspecified atom stereocenters. The molecule has 0 saturated carbocycles. The smallest absolute Gasteiger partial charge is 0.301 e. The first-order chi connectivity index (χ1) is 19.8. The number of anilines is 1. The number of aliphatic hydroxyl groups is 1. The summed E-state index contributed by atoms with van der Waals surface area (Å²) < 4.78 is 12.0. The van der Waals surface area contributed by atoms with Gasteiger partial charge in [-0.05, 0) is 37.1 Å². The van der Waals surface area contributed by atoms with Crippen molar-refractivity contribution in [3.63, 3.8) is 0 Å². The molecule has 1 fully saturated rings. The van der Waals surface area contributed by atoms with Crippen molar-refractivity contribution in [1.29, 1.82) is 0 Å². The third-order valence-electron chi connectivity index (χ3n) is 6.62. The number of ketones is 2. The first-order valence-corrected chi connectivity index (χ1v) is 13.9. The molecule has 8 nitrogen and oxygen atoms in total. The number of rotatable bonds is 9. The van der Waals surface area contributed by atoms with Gasteiger partial charge in [-0.1, -0.05) is 78.1 Å². The Morgan fingerprint density at radius 1 is 0.976 bits per heavy atom. The summed E-state index contributed by atoms with van der Waals surface area (Å²) in [7, 11) is 0. The second-order valence-electron chi connectivity index (χ2n) is 9.42. The maximum atomic E-state index is 13.5. The zero-order chi connectivity index (χ0) is 29.1. The van der Waals surface area contributed by atoms with E-state index < -0.39 is 17.7 Å². The second-order valence-corrected chi connectivity index (χ2v) is 10.4. The van der Waals surface area contributed by atoms with Gasteiger partial charge in [-0.25, -0.2) is 4.98 Å². The van der Waals surface area contributed by atoms with Crippen LogP contribution < -0.4 is 14.4 Å². The van der Waals surface area contributed by atoms with E-state index in [4.69, 9.17) is 9.47 Å². The average molecular weight is 569 g/mol. The minimum Gasteiger partial charge on any atom is -0.507 e. The molecule has 5 rings (SSSR count). The van der Waals surface area contributed by atoms with E-state index in [1.54, 1.807) is 55.5 Å². The molecule has 0 radical (unpaired) electrons. The third-order valence-corrected chi connectivity index (χ3v) is 7.88. The van der Waals surface area contributed by atoms with E-state index in [-0.39, 0.29) is 22.2 Å². The molecule has 1 amide bonds. The summed E-state index contributed by atoms with van der Waals surface area (Å²) in [6.07, 6.45) is 0. The molecule has 3 aromatic carbocycles. The maximum absolute atomic E-state index is 13.5. The topological polar surface area (TPSA) is 106 Å². The van der Waals surface area contributed by atoms with E-state index in [0.717, 1.165) is 16.9 Å². The van der Waals surface area contributed by atoms with Crippen LogP contribution in [0.3, 0.4) is 0 Å². The summed E-state index contributed by atoms with van der Waals surface area (Å²) in [5, 5.41) is 11.5. The van der Waals surface area contributed by atoms with E-state index in [9.17, 15) is 19.5 Å². The Balaban J connectivity index is 1.64. The van der Waals surface area contributed by atoms with Crippen LogP contribution in [0.15, 0.2) is 84.4 Å². The first kappa shape index (κ1) is 27.8. The van der Waals surface area contributed by atoms with Gasteiger partial charge in [0.1, 0.15) is 12.4 Å². The molecule has 1 aromatic heterocycles. The van der Waals surface area contributed by atoms with Crippen molar-refractivity contribution < 1.29 is 29.0 Å². The lowest BCUT2D eigenvalue weighted by Gasteiger charge is -2.24. The zero-order valence-corrected chi connectivity index (χ0v) is 23.6. The quantitative estimate of drug-likeness (QED) is 0.110. The van der Waals surface area contributed by atoms with Crippen molar-refractivity contribution in [2.24, 2.45) is 0 Å². The Morgan fingerprint density at radius 2 is 1.66 bits per heavy atom. The Labute approximate surface area is 241 Å². The van der Waals surface area contributed by atoms with Crippen LogP contribution in [-0.4, -0.2) is 34.2 Å². The fourth-order valence-electron chi connectivity index (χ4n) is 4.73. The summed E-state index contributed by atoms with van der Waals surface area (Å²) in [4.78, 5) is 45.3. The predicted molar refractivity (Wildman–Crippen MR) is 156 cm³/mol. The maximum Gasteiger partial charge on any atom is 0.301 e. The van der Waals surface area contributed by atoms with Gasteiger partial charge in [-0.3, -0.25) is 19.3 Å². The van der Waals surface area contributed by atoms with Crippen LogP contribution in [0.1, 0.15) is 51.9 Å². The van der Waals surface area contributed by atoms with Gasteiger partial charge in [0.15, 0.2) is 22.4 Å². The number of nitrogens with zero attached hydrogens (tertiary/aromatic N) is 2. The number of ether oxygens (including phenoxy) is 2. The van der Waals surface area contributed by atoms with Crippen molar-refractivity contribution in [2.45, 2.75) is 33.4 Å². The fourth-order valence-corrected chi connectivity index (χ4v) is 5.72. The molecule has 4 aromatic rings. The van der Waals surface area contributed by atoms with E-state index in [0.29, 0.717) is 46.4 Å². The lowest BCUT2D eigenvalue weighted by molar-refractivity contribution is -0.132. The molecule has 1 saturated heterocycles. The van der Waals surface area contributed by atoms with Crippen LogP contribution >= 0.6 is 11.3 Å². The number of hydrogen-bond acceptors (Lipinski definition) is 8. The van der Waals surface area contributed by atoms with Crippen molar-refractivity contribution in [3.05, 3.63) is 112 Å². The Kier molecular flexibility index (Phi) is 7.98. The van der Waals surface area contributed by atoms with Crippen LogP contribution in [0.5, 0.6) is 11.5 Å². The first-order valence-electron chi connectivity index (χ1n) is 13.1. The number of Topliss-reactive ketones (excluding diaryl/α,β-unsaturated/α-hetero) is 2. The summed E-state index contributed by atoms with van der Waals surface area (Å²) >= 11 is 1.03. The molecule has 1 aliphatic heterocycles. The lowest BCUT2D eigenvalue weighted by atomic mass is 9.95. The SMILES string of the molecule is CCOc1cc(C2C(=C(O)c3ccccc3)C(=O)C(=O)N2c2nc(C)c(C(C)=O)s2)ccc1OCc1ccccc1. The minimum absolute atomic E-state index is 0.0844. The average Bonchev–Trinajstić information content (AvgIpc) is 3.49. The van der Waals surface area contributed by atoms with E-state index in [1.807, 2.05) is 37.3 Å². The predicted octanol–water partition coefficient (Wildman–Crippen LogP) is 6.26. The third kappa shape index (κ3) is 5.49. The Bertz CT molecular complexity index is 1650. The summed E-state index contributed by atoms with van der Waals surface area (Å²) in [6.45, 7) is 5.62. The van der Waals surface area contributed by atoms with Gasteiger partial charge in [0.05, 0.1) is 28.8 Å². The minimum atomic E-state index is -1.03. The van der Waals surface area contributed by atoms with E-state index in [1.165, 1.54) is 11.8 Å². The van der Waals surface area contributed by atoms with Gasteiger partial charge >= 0.3 is 5.91 Å². The molecule has 0 aliphatic carbocycles. The number of carbonyl (C=O) groups excluding carboxylic acids is 3. The highest BCUT2D eigenvalue weighted by Gasteiger charge is 2.48. The number of thiazole rings is 1. The standard InChI is InChI=1S/C32H28N2O6S/c1-4-39-25-17-23(15-16-24(25)40-18-21-11-7-5-8-12-21)27-26(28(36)22-13-9-6-10-14-22)29(37)31(38)34(27)32-33-19(2)30(41-32)20(3)35/h5-17,27,36H,4,18H2,1-3H3. The molecule has 0 spiro atoms. The van der Waals surface area contributed by atoms with Crippen molar-refractivity contribution in [1.82, 2.24) is 4.98 Å². The number of aromatic nitrogens is 1. The Morgan fingerprint density at radius 3 is 2.29 bits per heavy atom. The summed E-state index contributed by atoms with van der Waals surface area (Å²) in [6, 6.07) is 22.4. The van der Waals surface area contributed by atoms with Gasteiger partial charge in [0, 0.05) is 12.5 Å². The highest BCUT2D eigenvalue weighted by molar-refractivity contribution is 7.18. The van der Waals surface area contributed by atoms with Crippen LogP contribution in [-0.2, 0) is 16.2 Å². The molecule has 1 aliphatic rings. The van der Waals surface area contributed by atoms with Crippen LogP contribution in [0.25, 0.3) is 5.76 Å². The van der Waals surface area contributed by atoms with Crippen molar-refractivity contribution in [2.75, 3.05) is 11.5 Å². The largest absolute Gasteiger partial charge is 0.507 e. The molecule has 0 bridgehead atoms. The number of carbonyl (C=O) groups is 3. The number of benzene rings is 3. The highest BCUT2D eigenvalue weighted by atomic mass is 32.1. The summed E-state index contributed by atoms with van der Waals surface area (Å²) in [5.41, 5.74) is 2.26. The number of hydrogen-bond donors (Lipinski definition) is 1. The second kappa shape index (κ2) is 11.8. The lowest BCUT2D eigenvalue weighted by Crippen LogP contribution is -2.29. The molecular weight excluding hydrogens is 540 g/mol. The zero-order valence-electron chi connectivity index (χ0n) is 22.8. The molecular formula is C32H28N2O6S. The van der Waals surface area contributed by atoms with Gasteiger partial charge in [0.2, 0.25) is 0 Å². The molecule has 9 heteroatoms. The van der Waals surface area contributed by atoms with Crippen molar-refractivity contribution >= 4 is 39.7 Å². The highest BCUT2D eigenvalue weighted by Crippen LogP contribution is 2.45. The number of aliphatic hydroxyl groups excluding tert-OH is 1. The van der Waals surface area contributed by atoms with E-state index in [2.05, 4.69) is 4.98 Å². The van der Waals surface area contributed by atoms with Gasteiger partial charge in [-0.15, -0.1) is 0 Å². The van der Waals surface area contributed by atoms with Gasteiger partial charge in [-0.2, -0.15) is 0 Å². The molecule has 41 heavy (non-hydrogen) atoms. The van der Waals surface area contributed by atoms with Crippen LogP contribution in [0.2, 0.25) is 0 Å². The van der Waals surface area contributed by atoms with Gasteiger partial charge in [0.25, 0.3) is 5.78 Å². The number of amides is 1. The summed E-state index contributed by atoms with van der Waals surface area (Å²) in [5.74, 6) is -1.29. The van der Waals surface area contributed by atoms with Crippen LogP contribution in [0, 0.1) is 6.92 Å². The molecule has 2 heterocycles. The molecule has 1 N–H and O–H groups in total. The fraction of sp³-hybridized carbons (Fsp3) is 0.188. The normalized spacial score (nSPS) is 16.2. The Hall–Kier alpha value is -4.76. The van der Waals surface area contributed by atoms with E-state index >= 15 is 0 Å². The molecule has 1 atom stereocenters. The monoisotopic (exact) mass is 568 g/mol. The van der Waals surface area contributed by atoms with Crippen molar-refractivity contribution in [3.8, 4) is 11.5 Å². The molecule has 208 valence electrons. The van der Waals surface area contributed by atoms with Crippen LogP contribution in [0.4, 0.5) is 5.13 Å².